The van der Waals surface area contributed by atoms with Crippen LogP contribution in [0.2, 0.25) is 0 Å². The molecule has 0 saturated heterocycles. The Labute approximate surface area is 168 Å². The number of hydrogen-bond donors (Lipinski definition) is 4. The zero-order chi connectivity index (χ0) is 20.0. The van der Waals surface area contributed by atoms with Crippen molar-refractivity contribution in [2.75, 3.05) is 11.5 Å². The lowest BCUT2D eigenvalue weighted by Crippen LogP contribution is -2.22. The molecule has 0 radical (unpaired) electrons. The van der Waals surface area contributed by atoms with Gasteiger partial charge in [0, 0.05) is 34.1 Å². The van der Waals surface area contributed by atoms with Crippen LogP contribution in [-0.2, 0) is 19.4 Å². The predicted molar refractivity (Wildman–Crippen MR) is 117 cm³/mol. The number of carbonyl (C=O) groups excluding carboxylic acids is 1. The van der Waals surface area contributed by atoms with Gasteiger partial charge in [-0.05, 0) is 72.5 Å². The van der Waals surface area contributed by atoms with Gasteiger partial charge in [-0.1, -0.05) is 12.1 Å². The van der Waals surface area contributed by atoms with Gasteiger partial charge < -0.3 is 21.8 Å². The quantitative estimate of drug-likeness (QED) is 0.431. The summed E-state index contributed by atoms with van der Waals surface area (Å²) in [6.07, 6.45) is 4.61. The number of rotatable bonds is 3. The van der Waals surface area contributed by atoms with Crippen LogP contribution in [0.5, 0.6) is 0 Å². The average molecular weight is 385 g/mol. The largest absolute Gasteiger partial charge is 0.384 e. The SMILES string of the molecule is Nc1cc2ccc(CNC(=O)c3ccc4[nH]c5c(c4c3)CCCC5)cc2c(N)n1. The number of aromatic nitrogens is 2. The number of anilines is 2. The van der Waals surface area contributed by atoms with E-state index in [2.05, 4.69) is 15.3 Å². The third-order valence-electron chi connectivity index (χ3n) is 5.76. The van der Waals surface area contributed by atoms with E-state index in [1.807, 2.05) is 36.4 Å². The Morgan fingerprint density at radius 1 is 1.03 bits per heavy atom. The molecule has 1 amide bonds. The van der Waals surface area contributed by atoms with Crippen LogP contribution < -0.4 is 16.8 Å². The summed E-state index contributed by atoms with van der Waals surface area (Å²) in [7, 11) is 0. The van der Waals surface area contributed by atoms with Gasteiger partial charge >= 0.3 is 0 Å². The second-order valence-electron chi connectivity index (χ2n) is 7.72. The number of aromatic amines is 1. The molecule has 0 atom stereocenters. The standard InChI is InChI=1S/C23H23N5O/c24-21-11-14-6-5-13(9-17(14)22(25)28-21)12-26-23(29)15-7-8-20-18(10-15)16-3-1-2-4-19(16)27-20/h5-11,27H,1-4,12H2,(H,26,29)(H4,24,25,28). The van der Waals surface area contributed by atoms with E-state index >= 15 is 0 Å². The number of carbonyl (C=O) groups is 1. The zero-order valence-electron chi connectivity index (χ0n) is 16.1. The first kappa shape index (κ1) is 17.6. The molecule has 0 fully saturated rings. The number of nitrogen functional groups attached to an aromatic ring is 2. The van der Waals surface area contributed by atoms with Gasteiger partial charge in [0.1, 0.15) is 11.6 Å². The molecule has 29 heavy (non-hydrogen) atoms. The number of nitrogens with one attached hydrogen (secondary N) is 2. The number of amides is 1. The second kappa shape index (κ2) is 6.81. The fraction of sp³-hybridized carbons (Fsp3) is 0.217. The Morgan fingerprint density at radius 3 is 2.79 bits per heavy atom. The van der Waals surface area contributed by atoms with Crippen LogP contribution in [0, 0.1) is 0 Å². The van der Waals surface area contributed by atoms with Gasteiger partial charge in [-0.15, -0.1) is 0 Å². The van der Waals surface area contributed by atoms with Gasteiger partial charge in [-0.25, -0.2) is 4.98 Å². The molecular weight excluding hydrogens is 362 g/mol. The summed E-state index contributed by atoms with van der Waals surface area (Å²) >= 11 is 0. The van der Waals surface area contributed by atoms with E-state index in [4.69, 9.17) is 11.5 Å². The molecule has 2 heterocycles. The second-order valence-corrected chi connectivity index (χ2v) is 7.72. The molecule has 146 valence electrons. The summed E-state index contributed by atoms with van der Waals surface area (Å²) in [6.45, 7) is 0.419. The van der Waals surface area contributed by atoms with Crippen molar-refractivity contribution < 1.29 is 4.79 Å². The Hall–Kier alpha value is -3.54. The normalized spacial score (nSPS) is 13.5. The van der Waals surface area contributed by atoms with E-state index in [1.54, 1.807) is 6.07 Å². The molecule has 6 N–H and O–H groups in total. The van der Waals surface area contributed by atoms with E-state index in [9.17, 15) is 4.79 Å². The van der Waals surface area contributed by atoms with Crippen LogP contribution in [0.25, 0.3) is 21.7 Å². The topological polar surface area (TPSA) is 110 Å². The molecule has 0 saturated carbocycles. The fourth-order valence-electron chi connectivity index (χ4n) is 4.28. The molecule has 0 bridgehead atoms. The van der Waals surface area contributed by atoms with Gasteiger partial charge in [0.05, 0.1) is 0 Å². The molecule has 0 aliphatic heterocycles. The van der Waals surface area contributed by atoms with Crippen LogP contribution in [0.1, 0.15) is 40.0 Å². The number of fused-ring (bicyclic) bond motifs is 4. The lowest BCUT2D eigenvalue weighted by molar-refractivity contribution is 0.0951. The lowest BCUT2D eigenvalue weighted by atomic mass is 9.95. The maximum Gasteiger partial charge on any atom is 0.251 e. The first-order chi connectivity index (χ1) is 14.1. The molecule has 2 aromatic heterocycles. The van der Waals surface area contributed by atoms with Crippen molar-refractivity contribution in [1.82, 2.24) is 15.3 Å². The van der Waals surface area contributed by atoms with Crippen LogP contribution in [0.3, 0.4) is 0 Å². The Kier molecular flexibility index (Phi) is 4.12. The highest BCUT2D eigenvalue weighted by Gasteiger charge is 2.16. The zero-order valence-corrected chi connectivity index (χ0v) is 16.1. The van der Waals surface area contributed by atoms with Crippen LogP contribution in [0.4, 0.5) is 11.6 Å². The molecular formula is C23H23N5O. The minimum Gasteiger partial charge on any atom is -0.384 e. The smallest absolute Gasteiger partial charge is 0.251 e. The molecule has 6 nitrogen and oxygen atoms in total. The van der Waals surface area contributed by atoms with Crippen molar-refractivity contribution in [1.29, 1.82) is 0 Å². The molecule has 2 aromatic carbocycles. The molecule has 0 spiro atoms. The number of nitrogens with zero attached hydrogens (tertiary/aromatic N) is 1. The highest BCUT2D eigenvalue weighted by atomic mass is 16.1. The third kappa shape index (κ3) is 3.16. The van der Waals surface area contributed by atoms with E-state index in [0.717, 1.165) is 34.7 Å². The van der Waals surface area contributed by atoms with Crippen LogP contribution in [-0.4, -0.2) is 15.9 Å². The first-order valence-electron chi connectivity index (χ1n) is 9.95. The summed E-state index contributed by atoms with van der Waals surface area (Å²) in [5, 5.41) is 5.97. The van der Waals surface area contributed by atoms with Crippen molar-refractivity contribution in [2.24, 2.45) is 0 Å². The van der Waals surface area contributed by atoms with Gasteiger partial charge in [0.15, 0.2) is 0 Å². The van der Waals surface area contributed by atoms with Crippen LogP contribution in [0.15, 0.2) is 42.5 Å². The van der Waals surface area contributed by atoms with E-state index in [-0.39, 0.29) is 5.91 Å². The van der Waals surface area contributed by atoms with Crippen molar-refractivity contribution in [3.8, 4) is 0 Å². The van der Waals surface area contributed by atoms with Crippen molar-refractivity contribution in [3.63, 3.8) is 0 Å². The Morgan fingerprint density at radius 2 is 1.90 bits per heavy atom. The molecule has 1 aliphatic rings. The Balaban J connectivity index is 1.37. The summed E-state index contributed by atoms with van der Waals surface area (Å²) in [5.41, 5.74) is 17.2. The summed E-state index contributed by atoms with van der Waals surface area (Å²) in [4.78, 5) is 20.4. The van der Waals surface area contributed by atoms with Gasteiger partial charge in [0.25, 0.3) is 5.91 Å². The van der Waals surface area contributed by atoms with Crippen molar-refractivity contribution in [2.45, 2.75) is 32.2 Å². The third-order valence-corrected chi connectivity index (χ3v) is 5.76. The summed E-state index contributed by atoms with van der Waals surface area (Å²) in [5.74, 6) is 0.718. The molecule has 4 aromatic rings. The van der Waals surface area contributed by atoms with Gasteiger partial charge in [0.2, 0.25) is 0 Å². The highest BCUT2D eigenvalue weighted by molar-refractivity contribution is 5.99. The monoisotopic (exact) mass is 385 g/mol. The Bertz CT molecular complexity index is 1260. The number of benzene rings is 2. The van der Waals surface area contributed by atoms with Gasteiger partial charge in [-0.3, -0.25) is 4.79 Å². The first-order valence-corrected chi connectivity index (χ1v) is 9.95. The number of nitrogens with two attached hydrogens (primary N) is 2. The highest BCUT2D eigenvalue weighted by Crippen LogP contribution is 2.29. The minimum atomic E-state index is -0.0823. The van der Waals surface area contributed by atoms with E-state index < -0.39 is 0 Å². The summed E-state index contributed by atoms with van der Waals surface area (Å²) < 4.78 is 0. The molecule has 5 rings (SSSR count). The minimum absolute atomic E-state index is 0.0823. The number of H-pyrrole nitrogens is 1. The van der Waals surface area contributed by atoms with Crippen molar-refractivity contribution in [3.05, 3.63) is 64.8 Å². The fourth-order valence-corrected chi connectivity index (χ4v) is 4.28. The van der Waals surface area contributed by atoms with Crippen molar-refractivity contribution >= 4 is 39.2 Å². The summed E-state index contributed by atoms with van der Waals surface area (Å²) in [6, 6.07) is 13.6. The van der Waals surface area contributed by atoms with E-state index in [1.165, 1.54) is 29.5 Å². The predicted octanol–water partition coefficient (Wildman–Crippen LogP) is 3.69. The van der Waals surface area contributed by atoms with Crippen LogP contribution >= 0.6 is 0 Å². The number of aryl methyl sites for hydroxylation is 2. The molecule has 6 heteroatoms. The number of hydrogen-bond acceptors (Lipinski definition) is 4. The molecule has 1 aliphatic carbocycles. The van der Waals surface area contributed by atoms with E-state index in [0.29, 0.717) is 23.7 Å². The maximum atomic E-state index is 12.8. The average Bonchev–Trinajstić information content (AvgIpc) is 3.10. The number of pyridine rings is 1. The lowest BCUT2D eigenvalue weighted by Gasteiger charge is -2.11. The molecule has 0 unspecified atom stereocenters. The maximum absolute atomic E-state index is 12.8. The van der Waals surface area contributed by atoms with Gasteiger partial charge in [-0.2, -0.15) is 0 Å².